The van der Waals surface area contributed by atoms with Gasteiger partial charge >= 0.3 is 0 Å². The Bertz CT molecular complexity index is 1240. The minimum atomic E-state index is -0.223. The zero-order valence-corrected chi connectivity index (χ0v) is 17.7. The number of aromatic nitrogens is 1. The van der Waals surface area contributed by atoms with Crippen molar-refractivity contribution in [1.29, 1.82) is 0 Å². The number of anilines is 2. The number of rotatable bonds is 4. The van der Waals surface area contributed by atoms with Gasteiger partial charge in [0.25, 0.3) is 5.91 Å². The van der Waals surface area contributed by atoms with Crippen LogP contribution >= 0.6 is 15.9 Å². The number of pyridine rings is 1. The maximum atomic E-state index is 13.1. The molecular weight excluding hydrogens is 442 g/mol. The van der Waals surface area contributed by atoms with Crippen LogP contribution in [-0.2, 0) is 4.79 Å². The summed E-state index contributed by atoms with van der Waals surface area (Å²) in [5, 5.41) is 6.42. The molecule has 3 aromatic carbocycles. The van der Waals surface area contributed by atoms with Crippen molar-refractivity contribution in [2.24, 2.45) is 0 Å². The fraction of sp³-hybridized carbons (Fsp3) is 0.0417. The standard InChI is InChI=1S/C24H18BrN3O2/c1-15(29)26-18-10-12-19(13-11-18)27-24(30)21-14-23(16-6-8-17(25)9-7-16)28-22-5-3-2-4-20(21)22/h2-14H,1H3,(H,26,29)(H,27,30). The number of hydrogen-bond acceptors (Lipinski definition) is 3. The van der Waals surface area contributed by atoms with E-state index < -0.39 is 0 Å². The highest BCUT2D eigenvalue weighted by molar-refractivity contribution is 9.10. The number of hydrogen-bond donors (Lipinski definition) is 2. The van der Waals surface area contributed by atoms with Gasteiger partial charge in [-0.05, 0) is 48.5 Å². The van der Waals surface area contributed by atoms with E-state index in [0.717, 1.165) is 26.6 Å². The first-order valence-electron chi connectivity index (χ1n) is 9.34. The van der Waals surface area contributed by atoms with E-state index in [2.05, 4.69) is 26.6 Å². The van der Waals surface area contributed by atoms with Gasteiger partial charge in [0, 0.05) is 33.7 Å². The third kappa shape index (κ3) is 4.39. The first-order valence-corrected chi connectivity index (χ1v) is 10.1. The number of amides is 2. The van der Waals surface area contributed by atoms with Crippen LogP contribution < -0.4 is 10.6 Å². The van der Waals surface area contributed by atoms with Crippen LogP contribution in [0.1, 0.15) is 17.3 Å². The molecule has 0 radical (unpaired) electrons. The van der Waals surface area contributed by atoms with Crippen LogP contribution in [0.4, 0.5) is 11.4 Å². The molecule has 0 fully saturated rings. The number of carbonyl (C=O) groups is 2. The Morgan fingerprint density at radius 1 is 0.833 bits per heavy atom. The topological polar surface area (TPSA) is 71.1 Å². The molecule has 30 heavy (non-hydrogen) atoms. The fourth-order valence-electron chi connectivity index (χ4n) is 3.17. The van der Waals surface area contributed by atoms with Gasteiger partial charge in [0.1, 0.15) is 0 Å². The molecule has 4 rings (SSSR count). The summed E-state index contributed by atoms with van der Waals surface area (Å²) in [5.41, 5.74) is 4.27. The molecule has 0 bridgehead atoms. The van der Waals surface area contributed by atoms with Crippen molar-refractivity contribution in [3.8, 4) is 11.3 Å². The molecule has 1 heterocycles. The van der Waals surface area contributed by atoms with Crippen molar-refractivity contribution in [2.45, 2.75) is 6.92 Å². The second-order valence-electron chi connectivity index (χ2n) is 6.79. The van der Waals surface area contributed by atoms with Crippen LogP contribution in [0.5, 0.6) is 0 Å². The average molecular weight is 460 g/mol. The lowest BCUT2D eigenvalue weighted by molar-refractivity contribution is -0.114. The van der Waals surface area contributed by atoms with Crippen LogP contribution in [0.3, 0.4) is 0 Å². The molecule has 0 saturated heterocycles. The van der Waals surface area contributed by atoms with E-state index in [1.807, 2.05) is 54.6 Å². The maximum Gasteiger partial charge on any atom is 0.256 e. The lowest BCUT2D eigenvalue weighted by atomic mass is 10.0. The van der Waals surface area contributed by atoms with Crippen molar-refractivity contribution < 1.29 is 9.59 Å². The Labute approximate surface area is 182 Å². The molecule has 0 saturated carbocycles. The second kappa shape index (κ2) is 8.47. The third-order valence-corrected chi connectivity index (χ3v) is 5.09. The van der Waals surface area contributed by atoms with Crippen LogP contribution in [0.25, 0.3) is 22.2 Å². The second-order valence-corrected chi connectivity index (χ2v) is 7.71. The number of para-hydroxylation sites is 1. The molecule has 5 nitrogen and oxygen atoms in total. The van der Waals surface area contributed by atoms with E-state index in [0.29, 0.717) is 16.9 Å². The first kappa shape index (κ1) is 19.8. The zero-order chi connectivity index (χ0) is 21.1. The highest BCUT2D eigenvalue weighted by Crippen LogP contribution is 2.27. The summed E-state index contributed by atoms with van der Waals surface area (Å²) in [6.07, 6.45) is 0. The van der Waals surface area contributed by atoms with Gasteiger partial charge in [0.05, 0.1) is 16.8 Å². The SMILES string of the molecule is CC(=O)Nc1ccc(NC(=O)c2cc(-c3ccc(Br)cc3)nc3ccccc23)cc1. The molecule has 0 aliphatic heterocycles. The molecule has 6 heteroatoms. The van der Waals surface area contributed by atoms with Gasteiger partial charge in [-0.1, -0.05) is 46.3 Å². The summed E-state index contributed by atoms with van der Waals surface area (Å²) in [6.45, 7) is 1.45. The minimum absolute atomic E-state index is 0.143. The predicted molar refractivity (Wildman–Crippen MR) is 124 cm³/mol. The summed E-state index contributed by atoms with van der Waals surface area (Å²) < 4.78 is 0.979. The van der Waals surface area contributed by atoms with E-state index in [1.54, 1.807) is 24.3 Å². The number of halogens is 1. The zero-order valence-electron chi connectivity index (χ0n) is 16.1. The Hall–Kier alpha value is -3.51. The maximum absolute atomic E-state index is 13.1. The molecule has 0 aliphatic rings. The van der Waals surface area contributed by atoms with Crippen molar-refractivity contribution in [3.05, 3.63) is 88.9 Å². The summed E-state index contributed by atoms with van der Waals surface area (Å²) in [7, 11) is 0. The van der Waals surface area contributed by atoms with Crippen molar-refractivity contribution in [1.82, 2.24) is 4.98 Å². The Morgan fingerprint density at radius 2 is 1.47 bits per heavy atom. The molecule has 2 amide bonds. The quantitative estimate of drug-likeness (QED) is 0.400. The largest absolute Gasteiger partial charge is 0.326 e. The fourth-order valence-corrected chi connectivity index (χ4v) is 3.43. The molecule has 148 valence electrons. The van der Waals surface area contributed by atoms with E-state index in [-0.39, 0.29) is 11.8 Å². The van der Waals surface area contributed by atoms with Gasteiger partial charge in [0.15, 0.2) is 0 Å². The summed E-state index contributed by atoms with van der Waals surface area (Å²) in [4.78, 5) is 29.0. The van der Waals surface area contributed by atoms with Crippen molar-refractivity contribution in [2.75, 3.05) is 10.6 Å². The Morgan fingerprint density at radius 3 is 2.13 bits per heavy atom. The minimum Gasteiger partial charge on any atom is -0.326 e. The van der Waals surface area contributed by atoms with Gasteiger partial charge in [-0.3, -0.25) is 9.59 Å². The monoisotopic (exact) mass is 459 g/mol. The molecule has 1 aromatic heterocycles. The number of nitrogens with zero attached hydrogens (tertiary/aromatic N) is 1. The number of nitrogens with one attached hydrogen (secondary N) is 2. The van der Waals surface area contributed by atoms with Crippen LogP contribution in [0.15, 0.2) is 83.3 Å². The molecule has 0 aliphatic carbocycles. The molecule has 0 atom stereocenters. The van der Waals surface area contributed by atoms with Gasteiger partial charge in [0.2, 0.25) is 5.91 Å². The van der Waals surface area contributed by atoms with Crippen LogP contribution in [-0.4, -0.2) is 16.8 Å². The van der Waals surface area contributed by atoms with E-state index >= 15 is 0 Å². The van der Waals surface area contributed by atoms with Crippen LogP contribution in [0.2, 0.25) is 0 Å². The van der Waals surface area contributed by atoms with Crippen molar-refractivity contribution in [3.63, 3.8) is 0 Å². The molecule has 2 N–H and O–H groups in total. The number of fused-ring (bicyclic) bond motifs is 1. The van der Waals surface area contributed by atoms with E-state index in [9.17, 15) is 9.59 Å². The van der Waals surface area contributed by atoms with Crippen LogP contribution in [0, 0.1) is 0 Å². The highest BCUT2D eigenvalue weighted by Gasteiger charge is 2.14. The third-order valence-electron chi connectivity index (χ3n) is 4.56. The van der Waals surface area contributed by atoms with Crippen molar-refractivity contribution >= 4 is 50.0 Å². The highest BCUT2D eigenvalue weighted by atomic mass is 79.9. The summed E-state index contributed by atoms with van der Waals surface area (Å²) in [6, 6.07) is 24.2. The van der Waals surface area contributed by atoms with Gasteiger partial charge < -0.3 is 10.6 Å². The Balaban J connectivity index is 1.69. The lowest BCUT2D eigenvalue weighted by Crippen LogP contribution is -2.13. The molecule has 0 spiro atoms. The van der Waals surface area contributed by atoms with Gasteiger partial charge in [-0.2, -0.15) is 0 Å². The smallest absolute Gasteiger partial charge is 0.256 e. The molecule has 0 unspecified atom stereocenters. The Kier molecular flexibility index (Phi) is 5.59. The number of benzene rings is 3. The first-order chi connectivity index (χ1) is 14.5. The molecule has 4 aromatic rings. The molecular formula is C24H18BrN3O2. The average Bonchev–Trinajstić information content (AvgIpc) is 2.74. The van der Waals surface area contributed by atoms with E-state index in [4.69, 9.17) is 4.98 Å². The summed E-state index contributed by atoms with van der Waals surface area (Å²) >= 11 is 3.44. The predicted octanol–water partition coefficient (Wildman–Crippen LogP) is 5.88. The lowest BCUT2D eigenvalue weighted by Gasteiger charge is -2.11. The number of carbonyl (C=O) groups excluding carboxylic acids is 2. The van der Waals surface area contributed by atoms with E-state index in [1.165, 1.54) is 6.92 Å². The van der Waals surface area contributed by atoms with Gasteiger partial charge in [-0.25, -0.2) is 4.98 Å². The normalized spacial score (nSPS) is 10.6. The van der Waals surface area contributed by atoms with Gasteiger partial charge in [-0.15, -0.1) is 0 Å². The summed E-state index contributed by atoms with van der Waals surface area (Å²) in [5.74, 6) is -0.366.